The zero-order chi connectivity index (χ0) is 16.3. The van der Waals surface area contributed by atoms with Gasteiger partial charge >= 0.3 is 0 Å². The Hall–Kier alpha value is -2.10. The molecule has 1 unspecified atom stereocenters. The Kier molecular flexibility index (Phi) is 5.01. The van der Waals surface area contributed by atoms with Gasteiger partial charge in [-0.3, -0.25) is 0 Å². The predicted octanol–water partition coefficient (Wildman–Crippen LogP) is 4.15. The number of hydrogen-bond donors (Lipinski definition) is 1. The average Bonchev–Trinajstić information content (AvgIpc) is 2.80. The van der Waals surface area contributed by atoms with Gasteiger partial charge in [0.25, 0.3) is 0 Å². The Morgan fingerprint density at radius 1 is 1.50 bits per heavy atom. The maximum atomic E-state index is 13.4. The van der Waals surface area contributed by atoms with Crippen LogP contribution in [0.15, 0.2) is 46.7 Å². The number of halogens is 1. The number of nitrogens with two attached hydrogens (primary N) is 1. The summed E-state index contributed by atoms with van der Waals surface area (Å²) < 4.78 is 13.4. The van der Waals surface area contributed by atoms with Crippen LogP contribution < -0.4 is 10.6 Å². The highest BCUT2D eigenvalue weighted by Gasteiger charge is 2.29. The number of aliphatic imine (C=N–C) groups is 1. The fourth-order valence-corrected chi connectivity index (χ4v) is 2.67. The minimum Gasteiger partial charge on any atom is -0.384 e. The average molecular weight is 301 g/mol. The van der Waals surface area contributed by atoms with Crippen molar-refractivity contribution >= 4 is 11.5 Å². The molecular weight excluding hydrogens is 277 g/mol. The first-order valence-corrected chi connectivity index (χ1v) is 7.72. The molecule has 118 valence electrons. The van der Waals surface area contributed by atoms with Crippen LogP contribution in [0.4, 0.5) is 10.1 Å². The molecule has 1 aromatic carbocycles. The van der Waals surface area contributed by atoms with Gasteiger partial charge in [-0.1, -0.05) is 13.0 Å². The van der Waals surface area contributed by atoms with E-state index in [0.717, 1.165) is 35.5 Å². The molecule has 0 saturated carbocycles. The maximum Gasteiger partial charge on any atom is 0.135 e. The fraction of sp³-hybridized carbons (Fsp3) is 0.389. The van der Waals surface area contributed by atoms with Gasteiger partial charge in [0.2, 0.25) is 0 Å². The van der Waals surface area contributed by atoms with Crippen molar-refractivity contribution in [1.29, 1.82) is 0 Å². The van der Waals surface area contributed by atoms with Crippen molar-refractivity contribution in [2.75, 3.05) is 4.90 Å². The molecule has 0 saturated heterocycles. The van der Waals surface area contributed by atoms with E-state index in [1.54, 1.807) is 6.07 Å². The van der Waals surface area contributed by atoms with Gasteiger partial charge in [-0.15, -0.1) is 0 Å². The minimum atomic E-state index is -0.196. The monoisotopic (exact) mass is 301 g/mol. The number of hydrogen-bond acceptors (Lipinski definition) is 2. The number of allylic oxidation sites excluding steroid dienone is 2. The summed E-state index contributed by atoms with van der Waals surface area (Å²) in [7, 11) is 0. The summed E-state index contributed by atoms with van der Waals surface area (Å²) in [6.45, 7) is 8.12. The van der Waals surface area contributed by atoms with Crippen LogP contribution in [-0.4, -0.2) is 11.9 Å². The van der Waals surface area contributed by atoms with Crippen LogP contribution in [0, 0.1) is 5.82 Å². The van der Waals surface area contributed by atoms with Crippen LogP contribution in [0.25, 0.3) is 0 Å². The van der Waals surface area contributed by atoms with E-state index in [9.17, 15) is 4.39 Å². The van der Waals surface area contributed by atoms with Gasteiger partial charge in [0.05, 0.1) is 0 Å². The van der Waals surface area contributed by atoms with E-state index in [4.69, 9.17) is 5.73 Å². The highest BCUT2D eigenvalue weighted by atomic mass is 19.1. The van der Waals surface area contributed by atoms with Crippen LogP contribution in [0.1, 0.15) is 39.7 Å². The van der Waals surface area contributed by atoms with Crippen LogP contribution >= 0.6 is 0 Å². The van der Waals surface area contributed by atoms with Crippen molar-refractivity contribution in [2.24, 2.45) is 10.7 Å². The highest BCUT2D eigenvalue weighted by Crippen LogP contribution is 2.33. The molecule has 2 rings (SSSR count). The molecule has 0 radical (unpaired) electrons. The summed E-state index contributed by atoms with van der Waals surface area (Å²) in [5.41, 5.74) is 9.17. The first-order valence-electron chi connectivity index (χ1n) is 7.72. The molecule has 0 spiro atoms. The summed E-state index contributed by atoms with van der Waals surface area (Å²) in [5, 5.41) is 0. The van der Waals surface area contributed by atoms with E-state index in [-0.39, 0.29) is 11.9 Å². The third-order valence-electron chi connectivity index (χ3n) is 4.02. The number of fused-ring (bicyclic) bond motifs is 1. The Balaban J connectivity index is 2.49. The largest absolute Gasteiger partial charge is 0.384 e. The molecule has 1 aliphatic heterocycles. The molecule has 1 aliphatic rings. The third kappa shape index (κ3) is 3.21. The Bertz CT molecular complexity index is 644. The summed E-state index contributed by atoms with van der Waals surface area (Å²) >= 11 is 0. The lowest BCUT2D eigenvalue weighted by Crippen LogP contribution is -2.35. The minimum absolute atomic E-state index is 0.196. The summed E-state index contributed by atoms with van der Waals surface area (Å²) in [5.74, 6) is 1.16. The molecule has 0 amide bonds. The smallest absolute Gasteiger partial charge is 0.135 e. The van der Waals surface area contributed by atoms with Gasteiger partial charge in [-0.05, 0) is 69.0 Å². The van der Waals surface area contributed by atoms with Crippen LogP contribution in [0.2, 0.25) is 0 Å². The molecule has 1 atom stereocenters. The molecule has 3 nitrogen and oxygen atoms in total. The molecule has 0 aromatic heterocycles. The van der Waals surface area contributed by atoms with Gasteiger partial charge in [-0.2, -0.15) is 0 Å². The fourth-order valence-electron chi connectivity index (χ4n) is 2.67. The lowest BCUT2D eigenvalue weighted by molar-refractivity contribution is 0.626. The molecule has 2 N–H and O–H groups in total. The van der Waals surface area contributed by atoms with E-state index < -0.39 is 0 Å². The van der Waals surface area contributed by atoms with Gasteiger partial charge in [0.1, 0.15) is 17.5 Å². The van der Waals surface area contributed by atoms with Gasteiger partial charge < -0.3 is 10.6 Å². The number of benzene rings is 1. The van der Waals surface area contributed by atoms with E-state index in [1.165, 1.54) is 6.07 Å². The third-order valence-corrected chi connectivity index (χ3v) is 4.02. The number of anilines is 1. The lowest BCUT2D eigenvalue weighted by atomic mass is 10.1. The van der Waals surface area contributed by atoms with E-state index >= 15 is 0 Å². The van der Waals surface area contributed by atoms with Crippen molar-refractivity contribution < 1.29 is 4.39 Å². The quantitative estimate of drug-likeness (QED) is 0.673. The summed E-state index contributed by atoms with van der Waals surface area (Å²) in [6, 6.07) is 5.14. The Morgan fingerprint density at radius 3 is 2.86 bits per heavy atom. The topological polar surface area (TPSA) is 41.6 Å². The zero-order valence-corrected chi connectivity index (χ0v) is 13.7. The Morgan fingerprint density at radius 2 is 2.23 bits per heavy atom. The maximum absolute atomic E-state index is 13.4. The first-order chi connectivity index (χ1) is 10.5. The van der Waals surface area contributed by atoms with Crippen LogP contribution in [-0.2, 0) is 6.42 Å². The van der Waals surface area contributed by atoms with E-state index in [1.807, 2.05) is 32.1 Å². The van der Waals surface area contributed by atoms with Crippen molar-refractivity contribution in [1.82, 2.24) is 0 Å². The number of rotatable bonds is 3. The molecule has 1 aromatic rings. The SMILES string of the molecule is C\C=C/C(=N\C(N)=C(/C)CC)N1c2ccc(F)cc2CC1C. The molecule has 4 heteroatoms. The molecule has 0 aliphatic carbocycles. The number of nitrogens with zero attached hydrogens (tertiary/aromatic N) is 2. The van der Waals surface area contributed by atoms with Crippen molar-refractivity contribution in [3.05, 3.63) is 53.1 Å². The van der Waals surface area contributed by atoms with Gasteiger partial charge in [0, 0.05) is 11.7 Å². The molecule has 0 bridgehead atoms. The normalized spacial score (nSPS) is 19.6. The molecule has 0 fully saturated rings. The van der Waals surface area contributed by atoms with Crippen molar-refractivity contribution in [3.63, 3.8) is 0 Å². The standard InChI is InChI=1S/C18H24FN3/c1-5-7-17(21-18(20)12(3)6-2)22-13(4)10-14-11-15(19)8-9-16(14)22/h5,7-9,11,13H,6,10,20H2,1-4H3/b7-5-,18-12+,21-17+. The molecule has 22 heavy (non-hydrogen) atoms. The summed E-state index contributed by atoms with van der Waals surface area (Å²) in [6.07, 6.45) is 5.57. The van der Waals surface area contributed by atoms with Crippen LogP contribution in [0.3, 0.4) is 0 Å². The zero-order valence-electron chi connectivity index (χ0n) is 13.7. The van der Waals surface area contributed by atoms with Crippen molar-refractivity contribution in [3.8, 4) is 0 Å². The Labute approximate surface area is 132 Å². The van der Waals surface area contributed by atoms with E-state index in [0.29, 0.717) is 5.82 Å². The molecular formula is C18H24FN3. The predicted molar refractivity (Wildman–Crippen MR) is 91.5 cm³/mol. The van der Waals surface area contributed by atoms with Crippen LogP contribution in [0.5, 0.6) is 0 Å². The van der Waals surface area contributed by atoms with Crippen molar-refractivity contribution in [2.45, 2.75) is 46.6 Å². The van der Waals surface area contributed by atoms with E-state index in [2.05, 4.69) is 23.7 Å². The highest BCUT2D eigenvalue weighted by molar-refractivity contribution is 6.07. The summed E-state index contributed by atoms with van der Waals surface area (Å²) in [4.78, 5) is 6.74. The first kappa shape index (κ1) is 16.3. The second-order valence-corrected chi connectivity index (χ2v) is 5.69. The molecule has 1 heterocycles. The second-order valence-electron chi connectivity index (χ2n) is 5.69. The number of amidine groups is 1. The lowest BCUT2D eigenvalue weighted by Gasteiger charge is -2.25. The van der Waals surface area contributed by atoms with Gasteiger partial charge in [0.15, 0.2) is 0 Å². The second kappa shape index (κ2) is 6.77. The van der Waals surface area contributed by atoms with Gasteiger partial charge in [-0.25, -0.2) is 9.38 Å².